The summed E-state index contributed by atoms with van der Waals surface area (Å²) in [5.41, 5.74) is 0.593. The van der Waals surface area contributed by atoms with Gasteiger partial charge in [-0.1, -0.05) is 35.3 Å². The zero-order chi connectivity index (χ0) is 19.2. The van der Waals surface area contributed by atoms with Gasteiger partial charge in [0.15, 0.2) is 5.78 Å². The van der Waals surface area contributed by atoms with Gasteiger partial charge in [0.05, 0.1) is 5.69 Å². The van der Waals surface area contributed by atoms with Crippen LogP contribution in [0, 0.1) is 11.3 Å². The van der Waals surface area contributed by atoms with Gasteiger partial charge in [0.1, 0.15) is 28.6 Å². The molecule has 8 heteroatoms. The molecule has 1 aliphatic heterocycles. The molecule has 1 aromatic carbocycles. The predicted octanol–water partition coefficient (Wildman–Crippen LogP) is 3.00. The maximum absolute atomic E-state index is 12.9. The molecule has 6 nitrogen and oxygen atoms in total. The van der Waals surface area contributed by atoms with E-state index in [1.54, 1.807) is 24.3 Å². The lowest BCUT2D eigenvalue weighted by molar-refractivity contribution is -0.128. The second-order valence-electron chi connectivity index (χ2n) is 6.12. The van der Waals surface area contributed by atoms with Crippen molar-refractivity contribution < 1.29 is 9.59 Å². The first-order valence-corrected chi connectivity index (χ1v) is 8.51. The van der Waals surface area contributed by atoms with E-state index in [1.165, 1.54) is 35.7 Å². The molecule has 2 unspecified atom stereocenters. The Morgan fingerprint density at radius 2 is 1.77 bits per heavy atom. The molecule has 1 aromatic heterocycles. The van der Waals surface area contributed by atoms with Crippen molar-refractivity contribution in [3.05, 3.63) is 62.5 Å². The van der Waals surface area contributed by atoms with Gasteiger partial charge < -0.3 is 9.47 Å². The number of Topliss-reactive ketones (excluding diaryl/α,β-unsaturated/α-hetero) is 2. The summed E-state index contributed by atoms with van der Waals surface area (Å²) in [5, 5.41) is 8.88. The Bertz CT molecular complexity index is 956. The molecular formula is C18H15Cl2N3O3. The molecule has 134 valence electrons. The number of pyridine rings is 1. The van der Waals surface area contributed by atoms with Crippen LogP contribution in [0.1, 0.15) is 18.5 Å². The molecular weight excluding hydrogens is 377 g/mol. The molecule has 0 amide bonds. The van der Waals surface area contributed by atoms with Crippen molar-refractivity contribution >= 4 is 46.3 Å². The monoisotopic (exact) mass is 391 g/mol. The van der Waals surface area contributed by atoms with Crippen molar-refractivity contribution in [2.24, 2.45) is 13.0 Å². The standard InChI is InChI=1S/C18H15Cl2N3O3/c1-9(24)14-16(25)15(10-3-5-11(19)6-4-10)23(17(14)21)12-7-13(20)18(26)22(2)8-12/h3-8,14-15,21H,1-2H3. The van der Waals surface area contributed by atoms with Gasteiger partial charge in [-0.3, -0.25) is 19.8 Å². The van der Waals surface area contributed by atoms with Crippen LogP contribution >= 0.6 is 23.2 Å². The fourth-order valence-corrected chi connectivity index (χ4v) is 3.49. The normalized spacial score (nSPS) is 19.9. The van der Waals surface area contributed by atoms with Crippen LogP contribution in [-0.4, -0.2) is 22.0 Å². The van der Waals surface area contributed by atoms with Crippen LogP contribution < -0.4 is 10.5 Å². The van der Waals surface area contributed by atoms with E-state index >= 15 is 0 Å². The third kappa shape index (κ3) is 2.95. The third-order valence-electron chi connectivity index (χ3n) is 4.34. The highest BCUT2D eigenvalue weighted by molar-refractivity contribution is 6.32. The van der Waals surface area contributed by atoms with E-state index in [0.29, 0.717) is 16.3 Å². The average Bonchev–Trinajstić information content (AvgIpc) is 2.83. The van der Waals surface area contributed by atoms with E-state index in [-0.39, 0.29) is 10.9 Å². The molecule has 0 bridgehead atoms. The highest BCUT2D eigenvalue weighted by atomic mass is 35.5. The van der Waals surface area contributed by atoms with Crippen LogP contribution in [0.25, 0.3) is 0 Å². The number of carbonyl (C=O) groups excluding carboxylic acids is 2. The number of benzene rings is 1. The van der Waals surface area contributed by atoms with Crippen molar-refractivity contribution in [1.82, 2.24) is 4.57 Å². The Morgan fingerprint density at radius 3 is 2.31 bits per heavy atom. The fourth-order valence-electron chi connectivity index (χ4n) is 3.12. The van der Waals surface area contributed by atoms with Crippen molar-refractivity contribution in [2.75, 3.05) is 4.90 Å². The number of amidine groups is 1. The lowest BCUT2D eigenvalue weighted by Crippen LogP contribution is -2.32. The number of ketones is 2. The minimum atomic E-state index is -1.16. The molecule has 2 aromatic rings. The molecule has 26 heavy (non-hydrogen) atoms. The number of aryl methyl sites for hydroxylation is 1. The van der Waals surface area contributed by atoms with Gasteiger partial charge in [0, 0.05) is 18.3 Å². The van der Waals surface area contributed by atoms with Gasteiger partial charge in [-0.15, -0.1) is 0 Å². The average molecular weight is 392 g/mol. The first kappa shape index (κ1) is 18.4. The third-order valence-corrected chi connectivity index (χ3v) is 4.86. The highest BCUT2D eigenvalue weighted by Crippen LogP contribution is 2.38. The van der Waals surface area contributed by atoms with Crippen LogP contribution in [0.15, 0.2) is 41.3 Å². The molecule has 2 atom stereocenters. The molecule has 2 heterocycles. The zero-order valence-electron chi connectivity index (χ0n) is 14.0. The van der Waals surface area contributed by atoms with E-state index in [1.807, 2.05) is 0 Å². The number of aromatic nitrogens is 1. The van der Waals surface area contributed by atoms with Gasteiger partial charge in [-0.2, -0.15) is 0 Å². The van der Waals surface area contributed by atoms with Gasteiger partial charge in [0.25, 0.3) is 5.56 Å². The topological polar surface area (TPSA) is 83.2 Å². The molecule has 1 saturated heterocycles. The minimum Gasteiger partial charge on any atom is -0.315 e. The lowest BCUT2D eigenvalue weighted by atomic mass is 9.95. The van der Waals surface area contributed by atoms with E-state index in [4.69, 9.17) is 28.6 Å². The molecule has 0 aliphatic carbocycles. The summed E-state index contributed by atoms with van der Waals surface area (Å²) in [7, 11) is 1.53. The maximum Gasteiger partial charge on any atom is 0.269 e. The Kier molecular flexibility index (Phi) is 4.73. The summed E-state index contributed by atoms with van der Waals surface area (Å²) in [6.45, 7) is 1.28. The van der Waals surface area contributed by atoms with Gasteiger partial charge in [0.2, 0.25) is 0 Å². The van der Waals surface area contributed by atoms with E-state index < -0.39 is 29.1 Å². The molecule has 0 saturated carbocycles. The Balaban J connectivity index is 2.20. The van der Waals surface area contributed by atoms with Crippen LogP contribution in [-0.2, 0) is 16.6 Å². The maximum atomic E-state index is 12.9. The number of nitrogens with zero attached hydrogens (tertiary/aromatic N) is 2. The largest absolute Gasteiger partial charge is 0.315 e. The zero-order valence-corrected chi connectivity index (χ0v) is 15.5. The number of hydrogen-bond donors (Lipinski definition) is 1. The van der Waals surface area contributed by atoms with Gasteiger partial charge in [-0.25, -0.2) is 0 Å². The summed E-state index contributed by atoms with van der Waals surface area (Å²) in [6.07, 6.45) is 1.49. The van der Waals surface area contributed by atoms with Crippen LogP contribution in [0.3, 0.4) is 0 Å². The number of anilines is 1. The molecule has 1 N–H and O–H groups in total. The smallest absolute Gasteiger partial charge is 0.269 e. The SMILES string of the molecule is CC(=O)C1C(=N)N(c2cc(Cl)c(=O)n(C)c2)C(c2ccc(Cl)cc2)C1=O. The first-order chi connectivity index (χ1) is 12.2. The van der Waals surface area contributed by atoms with E-state index in [9.17, 15) is 14.4 Å². The number of carbonyl (C=O) groups is 2. The summed E-state index contributed by atoms with van der Waals surface area (Å²) >= 11 is 11.9. The Morgan fingerprint density at radius 1 is 1.15 bits per heavy atom. The first-order valence-electron chi connectivity index (χ1n) is 7.76. The van der Waals surface area contributed by atoms with Crippen molar-refractivity contribution in [3.8, 4) is 0 Å². The van der Waals surface area contributed by atoms with E-state index in [0.717, 1.165) is 0 Å². The predicted molar refractivity (Wildman–Crippen MR) is 100 cm³/mol. The van der Waals surface area contributed by atoms with Crippen molar-refractivity contribution in [1.29, 1.82) is 5.41 Å². The summed E-state index contributed by atoms with van der Waals surface area (Å²) in [5.74, 6) is -2.10. The summed E-state index contributed by atoms with van der Waals surface area (Å²) < 4.78 is 1.27. The molecule has 0 spiro atoms. The molecule has 1 aliphatic rings. The second kappa shape index (κ2) is 6.70. The lowest BCUT2D eigenvalue weighted by Gasteiger charge is -2.26. The highest BCUT2D eigenvalue weighted by Gasteiger charge is 2.48. The fraction of sp³-hybridized carbons (Fsp3) is 0.222. The Hall–Kier alpha value is -2.44. The summed E-state index contributed by atoms with van der Waals surface area (Å²) in [6, 6.07) is 7.16. The van der Waals surface area contributed by atoms with Crippen LogP contribution in [0.4, 0.5) is 5.69 Å². The second-order valence-corrected chi connectivity index (χ2v) is 6.96. The number of hydrogen-bond acceptors (Lipinski definition) is 4. The molecule has 1 fully saturated rings. The van der Waals surface area contributed by atoms with Crippen molar-refractivity contribution in [2.45, 2.75) is 13.0 Å². The van der Waals surface area contributed by atoms with E-state index in [2.05, 4.69) is 0 Å². The van der Waals surface area contributed by atoms with Gasteiger partial charge in [-0.05, 0) is 30.7 Å². The number of halogens is 2. The van der Waals surface area contributed by atoms with Crippen LogP contribution in [0.2, 0.25) is 10.0 Å². The van der Waals surface area contributed by atoms with Crippen molar-refractivity contribution in [3.63, 3.8) is 0 Å². The van der Waals surface area contributed by atoms with Crippen LogP contribution in [0.5, 0.6) is 0 Å². The minimum absolute atomic E-state index is 0.0358. The summed E-state index contributed by atoms with van der Waals surface area (Å²) in [4.78, 5) is 38.2. The number of rotatable bonds is 3. The Labute approximate surface area is 159 Å². The number of nitrogens with one attached hydrogen (secondary N) is 1. The molecule has 3 rings (SSSR count). The van der Waals surface area contributed by atoms with Gasteiger partial charge >= 0.3 is 0 Å². The molecule has 0 radical (unpaired) electrons. The quantitative estimate of drug-likeness (QED) is 0.815.